The van der Waals surface area contributed by atoms with Crippen LogP contribution in [-0.4, -0.2) is 19.0 Å². The average Bonchev–Trinajstić information content (AvgIpc) is 2.74. The Hall–Kier alpha value is -3.06. The summed E-state index contributed by atoms with van der Waals surface area (Å²) in [6, 6.07) is 17.9. The Bertz CT molecular complexity index is 890. The second-order valence-electron chi connectivity index (χ2n) is 7.36. The number of nitrogens with one attached hydrogen (secondary N) is 1. The van der Waals surface area contributed by atoms with E-state index in [1.807, 2.05) is 50.2 Å². The number of nitriles is 1. The van der Waals surface area contributed by atoms with Crippen molar-refractivity contribution in [3.05, 3.63) is 70.8 Å². The third kappa shape index (κ3) is 4.80. The van der Waals surface area contributed by atoms with Gasteiger partial charge in [-0.25, -0.2) is 0 Å². The zero-order valence-corrected chi connectivity index (χ0v) is 16.6. The van der Waals surface area contributed by atoms with Crippen LogP contribution in [0.3, 0.4) is 0 Å². The fraction of sp³-hybridized carbons (Fsp3) is 0.333. The van der Waals surface area contributed by atoms with Crippen LogP contribution in [0.15, 0.2) is 54.1 Å². The fourth-order valence-corrected chi connectivity index (χ4v) is 3.57. The van der Waals surface area contributed by atoms with Crippen LogP contribution < -0.4 is 10.2 Å². The molecule has 1 N–H and O–H groups in total. The number of anilines is 1. The minimum absolute atomic E-state index is 0.122. The third-order valence-corrected chi connectivity index (χ3v) is 5.29. The number of piperidine rings is 1. The van der Waals surface area contributed by atoms with Crippen molar-refractivity contribution in [3.63, 3.8) is 0 Å². The minimum atomic E-state index is -0.349. The lowest BCUT2D eigenvalue weighted by Crippen LogP contribution is -2.29. The highest BCUT2D eigenvalue weighted by Gasteiger charge is 2.15. The van der Waals surface area contributed by atoms with Gasteiger partial charge in [0.15, 0.2) is 0 Å². The average molecular weight is 374 g/mol. The lowest BCUT2D eigenvalue weighted by molar-refractivity contribution is -0.117. The lowest BCUT2D eigenvalue weighted by atomic mass is 10.0. The molecule has 28 heavy (non-hydrogen) atoms. The number of benzene rings is 2. The van der Waals surface area contributed by atoms with Gasteiger partial charge in [0, 0.05) is 18.8 Å². The SMILES string of the molecule is Cc1cc(N2CCCCC2)ccc1/C=C(/C#N)C(=O)N[C@@H](C)c1ccccc1. The van der Waals surface area contributed by atoms with Crippen molar-refractivity contribution in [2.45, 2.75) is 39.2 Å². The Morgan fingerprint density at radius 3 is 2.50 bits per heavy atom. The largest absolute Gasteiger partial charge is 0.372 e. The topological polar surface area (TPSA) is 56.1 Å². The summed E-state index contributed by atoms with van der Waals surface area (Å²) >= 11 is 0. The van der Waals surface area contributed by atoms with Crippen molar-refractivity contribution < 1.29 is 4.79 Å². The molecule has 0 unspecified atom stereocenters. The van der Waals surface area contributed by atoms with E-state index in [1.54, 1.807) is 6.08 Å². The van der Waals surface area contributed by atoms with E-state index in [-0.39, 0.29) is 17.5 Å². The molecular formula is C24H27N3O. The Labute approximate surface area is 167 Å². The van der Waals surface area contributed by atoms with Crippen LogP contribution >= 0.6 is 0 Å². The van der Waals surface area contributed by atoms with Crippen LogP contribution in [0.5, 0.6) is 0 Å². The molecule has 144 valence electrons. The zero-order valence-electron chi connectivity index (χ0n) is 16.6. The van der Waals surface area contributed by atoms with E-state index < -0.39 is 0 Å². The number of hydrogen-bond acceptors (Lipinski definition) is 3. The van der Waals surface area contributed by atoms with Crippen molar-refractivity contribution in [3.8, 4) is 6.07 Å². The highest BCUT2D eigenvalue weighted by atomic mass is 16.1. The van der Waals surface area contributed by atoms with E-state index >= 15 is 0 Å². The van der Waals surface area contributed by atoms with Gasteiger partial charge < -0.3 is 10.2 Å². The number of carbonyl (C=O) groups excluding carboxylic acids is 1. The molecule has 0 radical (unpaired) electrons. The fourth-order valence-electron chi connectivity index (χ4n) is 3.57. The van der Waals surface area contributed by atoms with Gasteiger partial charge in [-0.2, -0.15) is 5.26 Å². The molecular weight excluding hydrogens is 346 g/mol. The second-order valence-corrected chi connectivity index (χ2v) is 7.36. The molecule has 1 atom stereocenters. The summed E-state index contributed by atoms with van der Waals surface area (Å²) in [5.41, 5.74) is 4.32. The molecule has 0 aromatic heterocycles. The molecule has 0 aliphatic carbocycles. The Morgan fingerprint density at radius 1 is 1.14 bits per heavy atom. The number of aryl methyl sites for hydroxylation is 1. The van der Waals surface area contributed by atoms with Crippen LogP contribution in [0, 0.1) is 18.3 Å². The van der Waals surface area contributed by atoms with Gasteiger partial charge in [-0.3, -0.25) is 4.79 Å². The molecule has 1 aliphatic heterocycles. The highest BCUT2D eigenvalue weighted by Crippen LogP contribution is 2.24. The molecule has 0 spiro atoms. The number of amides is 1. The third-order valence-electron chi connectivity index (χ3n) is 5.29. The van der Waals surface area contributed by atoms with Gasteiger partial charge in [-0.15, -0.1) is 0 Å². The summed E-state index contributed by atoms with van der Waals surface area (Å²) in [7, 11) is 0. The molecule has 4 nitrogen and oxygen atoms in total. The maximum Gasteiger partial charge on any atom is 0.262 e. The van der Waals surface area contributed by atoms with Gasteiger partial charge in [0.1, 0.15) is 11.6 Å². The molecule has 1 heterocycles. The maximum absolute atomic E-state index is 12.6. The van der Waals surface area contributed by atoms with E-state index in [2.05, 4.69) is 28.4 Å². The number of nitrogens with zero attached hydrogens (tertiary/aromatic N) is 2. The summed E-state index contributed by atoms with van der Waals surface area (Å²) in [4.78, 5) is 15.0. The molecule has 1 aliphatic rings. The van der Waals surface area contributed by atoms with E-state index in [9.17, 15) is 10.1 Å². The van der Waals surface area contributed by atoms with E-state index in [1.165, 1.54) is 24.9 Å². The number of carbonyl (C=O) groups is 1. The Balaban J connectivity index is 1.74. The minimum Gasteiger partial charge on any atom is -0.372 e. The molecule has 2 aromatic carbocycles. The molecule has 4 heteroatoms. The molecule has 2 aromatic rings. The van der Waals surface area contributed by atoms with Crippen LogP contribution in [-0.2, 0) is 4.79 Å². The summed E-state index contributed by atoms with van der Waals surface area (Å²) in [6.45, 7) is 6.13. The summed E-state index contributed by atoms with van der Waals surface area (Å²) in [5, 5.41) is 12.4. The number of rotatable bonds is 5. The molecule has 1 saturated heterocycles. The second kappa shape index (κ2) is 9.23. The van der Waals surface area contributed by atoms with Crippen LogP contribution in [0.2, 0.25) is 0 Å². The Morgan fingerprint density at radius 2 is 1.86 bits per heavy atom. The molecule has 0 saturated carbocycles. The number of hydrogen-bond donors (Lipinski definition) is 1. The molecule has 1 amide bonds. The van der Waals surface area contributed by atoms with Crippen molar-refractivity contribution >= 4 is 17.7 Å². The van der Waals surface area contributed by atoms with Gasteiger partial charge in [-0.05, 0) is 68.0 Å². The summed E-state index contributed by atoms with van der Waals surface area (Å²) in [6.07, 6.45) is 5.46. The van der Waals surface area contributed by atoms with Crippen molar-refractivity contribution in [1.82, 2.24) is 5.32 Å². The predicted molar refractivity (Wildman–Crippen MR) is 114 cm³/mol. The monoisotopic (exact) mass is 373 g/mol. The van der Waals surface area contributed by atoms with Crippen molar-refractivity contribution in [2.75, 3.05) is 18.0 Å². The van der Waals surface area contributed by atoms with E-state index in [0.29, 0.717) is 0 Å². The normalized spacial score (nSPS) is 15.6. The van der Waals surface area contributed by atoms with Crippen LogP contribution in [0.1, 0.15) is 48.9 Å². The van der Waals surface area contributed by atoms with Crippen LogP contribution in [0.4, 0.5) is 5.69 Å². The van der Waals surface area contributed by atoms with Crippen molar-refractivity contribution in [2.24, 2.45) is 0 Å². The highest BCUT2D eigenvalue weighted by molar-refractivity contribution is 6.02. The van der Waals surface area contributed by atoms with E-state index in [4.69, 9.17) is 0 Å². The van der Waals surface area contributed by atoms with Gasteiger partial charge in [0.05, 0.1) is 6.04 Å². The molecule has 1 fully saturated rings. The van der Waals surface area contributed by atoms with E-state index in [0.717, 1.165) is 29.8 Å². The lowest BCUT2D eigenvalue weighted by Gasteiger charge is -2.29. The Kier molecular flexibility index (Phi) is 6.49. The van der Waals surface area contributed by atoms with Gasteiger partial charge in [0.2, 0.25) is 0 Å². The quantitative estimate of drug-likeness (QED) is 0.607. The standard InChI is InChI=1S/C24H27N3O/c1-18-15-23(27-13-7-4-8-14-27)12-11-21(18)16-22(17-25)24(28)26-19(2)20-9-5-3-6-10-20/h3,5-6,9-12,15-16,19H,4,7-8,13-14H2,1-2H3,(H,26,28)/b22-16-/t19-/m0/s1. The summed E-state index contributed by atoms with van der Waals surface area (Å²) in [5.74, 6) is -0.349. The first kappa shape index (κ1) is 19.7. The smallest absolute Gasteiger partial charge is 0.262 e. The van der Waals surface area contributed by atoms with Crippen molar-refractivity contribution in [1.29, 1.82) is 5.26 Å². The maximum atomic E-state index is 12.6. The van der Waals surface area contributed by atoms with Gasteiger partial charge in [-0.1, -0.05) is 36.4 Å². The van der Waals surface area contributed by atoms with Crippen LogP contribution in [0.25, 0.3) is 6.08 Å². The van der Waals surface area contributed by atoms with Gasteiger partial charge >= 0.3 is 0 Å². The molecule has 0 bridgehead atoms. The predicted octanol–water partition coefficient (Wildman–Crippen LogP) is 4.77. The first-order valence-corrected chi connectivity index (χ1v) is 9.91. The zero-order chi connectivity index (χ0) is 19.9. The first-order valence-electron chi connectivity index (χ1n) is 9.91. The first-order chi connectivity index (χ1) is 13.6. The van der Waals surface area contributed by atoms with Gasteiger partial charge in [0.25, 0.3) is 5.91 Å². The summed E-state index contributed by atoms with van der Waals surface area (Å²) < 4.78 is 0. The molecule has 3 rings (SSSR count).